The zero-order chi connectivity index (χ0) is 20.5. The van der Waals surface area contributed by atoms with Crippen LogP contribution in [0.3, 0.4) is 0 Å². The molecule has 5 heteroatoms. The van der Waals surface area contributed by atoms with Crippen LogP contribution in [0.15, 0.2) is 76.9 Å². The molecule has 0 saturated carbocycles. The second-order valence-corrected chi connectivity index (χ2v) is 7.28. The Bertz CT molecular complexity index is 1200. The molecule has 2 aromatic carbocycles. The Hall–Kier alpha value is -3.78. The van der Waals surface area contributed by atoms with Crippen molar-refractivity contribution in [3.05, 3.63) is 110 Å². The van der Waals surface area contributed by atoms with E-state index in [4.69, 9.17) is 10.5 Å². The number of nitrogens with zero attached hydrogens (tertiary/aromatic N) is 2. The lowest BCUT2D eigenvalue weighted by Gasteiger charge is -2.27. The van der Waals surface area contributed by atoms with Crippen LogP contribution in [0.5, 0.6) is 5.75 Å². The van der Waals surface area contributed by atoms with Crippen molar-refractivity contribution in [1.82, 2.24) is 4.57 Å². The van der Waals surface area contributed by atoms with Crippen LogP contribution < -0.4 is 16.0 Å². The Morgan fingerprint density at radius 1 is 1.10 bits per heavy atom. The molecular formula is C24H21N3O2. The number of pyridine rings is 1. The van der Waals surface area contributed by atoms with Crippen molar-refractivity contribution in [2.24, 2.45) is 5.73 Å². The summed E-state index contributed by atoms with van der Waals surface area (Å²) in [5, 5.41) is 9.72. The van der Waals surface area contributed by atoms with Crippen molar-refractivity contribution in [2.75, 3.05) is 0 Å². The van der Waals surface area contributed by atoms with Gasteiger partial charge in [-0.25, -0.2) is 0 Å². The average Bonchev–Trinajstić information content (AvgIpc) is 2.72. The van der Waals surface area contributed by atoms with Crippen LogP contribution >= 0.6 is 0 Å². The summed E-state index contributed by atoms with van der Waals surface area (Å²) in [7, 11) is 0. The SMILES string of the molecule is Cc1ccc(Cn2c(C)cc3c(c2=O)[C@H](c2ccccc2)C(C#N)=C(N)O3)cc1. The molecule has 0 fully saturated rings. The number of aromatic nitrogens is 1. The summed E-state index contributed by atoms with van der Waals surface area (Å²) in [6.07, 6.45) is 0. The van der Waals surface area contributed by atoms with E-state index in [9.17, 15) is 10.1 Å². The van der Waals surface area contributed by atoms with E-state index in [0.717, 1.165) is 16.8 Å². The van der Waals surface area contributed by atoms with Gasteiger partial charge in [0.05, 0.1) is 18.0 Å². The first-order chi connectivity index (χ1) is 14.0. The molecule has 1 atom stereocenters. The highest BCUT2D eigenvalue weighted by Crippen LogP contribution is 2.40. The largest absolute Gasteiger partial charge is 0.440 e. The Balaban J connectivity index is 1.90. The van der Waals surface area contributed by atoms with Gasteiger partial charge in [-0.1, -0.05) is 60.2 Å². The molecule has 0 radical (unpaired) electrons. The van der Waals surface area contributed by atoms with Gasteiger partial charge >= 0.3 is 0 Å². The fraction of sp³-hybridized carbons (Fsp3) is 0.167. The third kappa shape index (κ3) is 3.30. The van der Waals surface area contributed by atoms with Crippen LogP contribution in [-0.4, -0.2) is 4.57 Å². The predicted octanol–water partition coefficient (Wildman–Crippen LogP) is 3.73. The molecule has 0 saturated heterocycles. The van der Waals surface area contributed by atoms with Gasteiger partial charge in [0.1, 0.15) is 17.4 Å². The molecule has 0 spiro atoms. The molecule has 3 aromatic rings. The molecule has 2 heterocycles. The van der Waals surface area contributed by atoms with Gasteiger partial charge in [0, 0.05) is 11.8 Å². The van der Waals surface area contributed by atoms with Gasteiger partial charge in [-0.15, -0.1) is 0 Å². The van der Waals surface area contributed by atoms with E-state index in [1.807, 2.05) is 74.5 Å². The molecular weight excluding hydrogens is 362 g/mol. The van der Waals surface area contributed by atoms with Crippen LogP contribution in [-0.2, 0) is 6.54 Å². The number of ether oxygens (including phenoxy) is 1. The quantitative estimate of drug-likeness (QED) is 0.747. The van der Waals surface area contributed by atoms with E-state index < -0.39 is 5.92 Å². The minimum Gasteiger partial charge on any atom is -0.440 e. The smallest absolute Gasteiger partial charge is 0.259 e. The van der Waals surface area contributed by atoms with Crippen molar-refractivity contribution < 1.29 is 4.74 Å². The van der Waals surface area contributed by atoms with Gasteiger partial charge in [-0.3, -0.25) is 4.79 Å². The van der Waals surface area contributed by atoms with Crippen LogP contribution in [0.2, 0.25) is 0 Å². The monoisotopic (exact) mass is 383 g/mol. The number of benzene rings is 2. The normalized spacial score (nSPS) is 15.4. The molecule has 0 amide bonds. The first kappa shape index (κ1) is 18.6. The van der Waals surface area contributed by atoms with Crippen LogP contribution in [0.25, 0.3) is 0 Å². The first-order valence-corrected chi connectivity index (χ1v) is 9.42. The third-order valence-electron chi connectivity index (χ3n) is 5.28. The zero-order valence-electron chi connectivity index (χ0n) is 16.3. The molecule has 0 unspecified atom stereocenters. The number of nitriles is 1. The van der Waals surface area contributed by atoms with Gasteiger partial charge in [0.15, 0.2) is 0 Å². The molecule has 2 N–H and O–H groups in total. The minimum atomic E-state index is -0.553. The lowest BCUT2D eigenvalue weighted by atomic mass is 9.84. The van der Waals surface area contributed by atoms with Crippen molar-refractivity contribution in [1.29, 1.82) is 5.26 Å². The van der Waals surface area contributed by atoms with E-state index in [1.54, 1.807) is 4.57 Å². The molecule has 1 aliphatic rings. The maximum atomic E-state index is 13.6. The maximum absolute atomic E-state index is 13.6. The van der Waals surface area contributed by atoms with Crippen molar-refractivity contribution in [3.8, 4) is 11.8 Å². The van der Waals surface area contributed by atoms with Gasteiger partial charge in [0.2, 0.25) is 5.88 Å². The van der Waals surface area contributed by atoms with Gasteiger partial charge in [-0.2, -0.15) is 5.26 Å². The fourth-order valence-corrected chi connectivity index (χ4v) is 3.74. The number of hydrogen-bond acceptors (Lipinski definition) is 4. The molecule has 29 heavy (non-hydrogen) atoms. The van der Waals surface area contributed by atoms with E-state index in [2.05, 4.69) is 6.07 Å². The van der Waals surface area contributed by atoms with Crippen LogP contribution in [0.1, 0.15) is 33.9 Å². The van der Waals surface area contributed by atoms with Gasteiger partial charge in [-0.05, 0) is 25.0 Å². The van der Waals surface area contributed by atoms with Crippen LogP contribution in [0, 0.1) is 25.2 Å². The average molecular weight is 383 g/mol. The lowest BCUT2D eigenvalue weighted by molar-refractivity contribution is 0.389. The fourth-order valence-electron chi connectivity index (χ4n) is 3.74. The Labute approximate surface area is 169 Å². The highest BCUT2D eigenvalue weighted by molar-refractivity contribution is 5.55. The molecule has 0 bridgehead atoms. The summed E-state index contributed by atoms with van der Waals surface area (Å²) >= 11 is 0. The zero-order valence-corrected chi connectivity index (χ0v) is 16.3. The van der Waals surface area contributed by atoms with Crippen molar-refractivity contribution in [2.45, 2.75) is 26.3 Å². The summed E-state index contributed by atoms with van der Waals surface area (Å²) in [5.41, 5.74) is 10.4. The van der Waals surface area contributed by atoms with E-state index >= 15 is 0 Å². The molecule has 4 rings (SSSR count). The molecule has 1 aromatic heterocycles. The first-order valence-electron chi connectivity index (χ1n) is 9.42. The second-order valence-electron chi connectivity index (χ2n) is 7.28. The maximum Gasteiger partial charge on any atom is 0.259 e. The number of aryl methyl sites for hydroxylation is 2. The van der Waals surface area contributed by atoms with E-state index in [1.165, 1.54) is 5.56 Å². The van der Waals surface area contributed by atoms with Gasteiger partial charge in [0.25, 0.3) is 5.56 Å². The topological polar surface area (TPSA) is 81.0 Å². The number of fused-ring (bicyclic) bond motifs is 1. The predicted molar refractivity (Wildman–Crippen MR) is 111 cm³/mol. The Morgan fingerprint density at radius 3 is 2.45 bits per heavy atom. The van der Waals surface area contributed by atoms with Crippen molar-refractivity contribution >= 4 is 0 Å². The molecule has 5 nitrogen and oxygen atoms in total. The number of nitrogens with two attached hydrogens (primary N) is 1. The Morgan fingerprint density at radius 2 is 1.79 bits per heavy atom. The van der Waals surface area contributed by atoms with E-state index in [0.29, 0.717) is 17.9 Å². The highest BCUT2D eigenvalue weighted by atomic mass is 16.5. The summed E-state index contributed by atoms with van der Waals surface area (Å²) in [6, 6.07) is 21.5. The summed E-state index contributed by atoms with van der Waals surface area (Å²) in [6.45, 7) is 4.35. The number of rotatable bonds is 3. The highest BCUT2D eigenvalue weighted by Gasteiger charge is 2.34. The number of hydrogen-bond donors (Lipinski definition) is 1. The summed E-state index contributed by atoms with van der Waals surface area (Å²) in [4.78, 5) is 13.6. The lowest BCUT2D eigenvalue weighted by Crippen LogP contribution is -2.33. The van der Waals surface area contributed by atoms with Gasteiger partial charge < -0.3 is 15.0 Å². The standard InChI is InChI=1S/C24H21N3O2/c1-15-8-10-17(11-9-15)14-27-16(2)12-20-22(24(27)28)21(18-6-4-3-5-7-18)19(13-25)23(26)29-20/h3-12,21H,14,26H2,1-2H3/t21-/m1/s1. The van der Waals surface area contributed by atoms with Crippen LogP contribution in [0.4, 0.5) is 0 Å². The van der Waals surface area contributed by atoms with E-state index in [-0.39, 0.29) is 17.0 Å². The second kappa shape index (κ2) is 7.33. The molecule has 144 valence electrons. The molecule has 1 aliphatic heterocycles. The third-order valence-corrected chi connectivity index (χ3v) is 5.28. The molecule has 0 aliphatic carbocycles. The number of allylic oxidation sites excluding steroid dienone is 1. The summed E-state index contributed by atoms with van der Waals surface area (Å²) < 4.78 is 7.41. The summed E-state index contributed by atoms with van der Waals surface area (Å²) in [5.74, 6) is -0.0933. The Kier molecular flexibility index (Phi) is 4.69. The van der Waals surface area contributed by atoms with Crippen molar-refractivity contribution in [3.63, 3.8) is 0 Å². The minimum absolute atomic E-state index is 0.0453.